The van der Waals surface area contributed by atoms with Crippen LogP contribution in [-0.2, 0) is 33.2 Å². The molecule has 3 aliphatic heterocycles. The Balaban J connectivity index is 1.50. The normalized spacial score (nSPS) is 30.9. The zero-order valence-electron chi connectivity index (χ0n) is 46.7. The smallest absolute Gasteiger partial charge is 0.220 e. The number of rotatable bonds is 43. The number of hydrogen-bond donors (Lipinski definition) is 12. The van der Waals surface area contributed by atoms with Gasteiger partial charge in [-0.25, -0.2) is 0 Å². The van der Waals surface area contributed by atoms with E-state index in [0.717, 1.165) is 83.5 Å². The Labute approximate surface area is 460 Å². The van der Waals surface area contributed by atoms with Gasteiger partial charge in [0.15, 0.2) is 18.9 Å². The van der Waals surface area contributed by atoms with Gasteiger partial charge in [0.2, 0.25) is 5.91 Å². The second kappa shape index (κ2) is 41.9. The lowest BCUT2D eigenvalue weighted by Crippen LogP contribution is -2.66. The zero-order chi connectivity index (χ0) is 56.2. The molecule has 0 bridgehead atoms. The van der Waals surface area contributed by atoms with Gasteiger partial charge in [0.05, 0.1) is 38.6 Å². The third-order valence-electron chi connectivity index (χ3n) is 15.0. The van der Waals surface area contributed by atoms with E-state index in [-0.39, 0.29) is 18.9 Å². The lowest BCUT2D eigenvalue weighted by molar-refractivity contribution is -0.379. The Morgan fingerprint density at radius 1 is 0.468 bits per heavy atom. The molecule has 77 heavy (non-hydrogen) atoms. The first-order valence-corrected chi connectivity index (χ1v) is 29.7. The Hall–Kier alpha value is -1.99. The van der Waals surface area contributed by atoms with Crippen LogP contribution in [0.25, 0.3) is 0 Å². The predicted octanol–water partition coefficient (Wildman–Crippen LogP) is 4.93. The summed E-state index contributed by atoms with van der Waals surface area (Å²) in [6.07, 6.45) is 16.5. The molecule has 12 N–H and O–H groups in total. The van der Waals surface area contributed by atoms with Crippen molar-refractivity contribution in [1.82, 2.24) is 5.32 Å². The molecule has 3 heterocycles. The van der Waals surface area contributed by atoms with Crippen molar-refractivity contribution in [1.29, 1.82) is 0 Å². The highest BCUT2D eigenvalue weighted by Crippen LogP contribution is 2.33. The van der Waals surface area contributed by atoms with Gasteiger partial charge in [0.25, 0.3) is 0 Å². The first kappa shape index (κ1) is 69.3. The van der Waals surface area contributed by atoms with Crippen molar-refractivity contribution >= 4 is 5.91 Å². The third-order valence-corrected chi connectivity index (χ3v) is 15.0. The monoisotopic (exact) mass is 1100 g/mol. The van der Waals surface area contributed by atoms with Gasteiger partial charge in [-0.3, -0.25) is 4.79 Å². The number of allylic oxidation sites excluding steroid dienone is 6. The summed E-state index contributed by atoms with van der Waals surface area (Å²) in [6.45, 7) is 1.73. The molecular weight excluding hydrogens is 999 g/mol. The molecule has 17 atom stereocenters. The highest BCUT2D eigenvalue weighted by Gasteiger charge is 2.53. The molecule has 0 radical (unpaired) electrons. The van der Waals surface area contributed by atoms with Gasteiger partial charge < -0.3 is 89.9 Å². The van der Waals surface area contributed by atoms with E-state index >= 15 is 0 Å². The SMILES string of the molecule is CCCCC/C=C\C/C=C\C/C=C\CCCCCCCCC(=O)NC(COC1OC(CO)C(OC2OC(CO)C(OC3OC(CO)C(O)C(O)C3O)C(O)C2O)C(O)C1O)C(O)CCCCCCCCCCCCCCC. The zero-order valence-corrected chi connectivity index (χ0v) is 46.7. The number of amides is 1. The minimum absolute atomic E-state index is 0.251. The van der Waals surface area contributed by atoms with Crippen LogP contribution in [0.15, 0.2) is 36.5 Å². The molecule has 3 saturated heterocycles. The number of unbranched alkanes of at least 4 members (excludes halogenated alkanes) is 21. The minimum Gasteiger partial charge on any atom is -0.394 e. The number of ether oxygens (including phenoxy) is 6. The standard InChI is InChI=1S/C58H105NO18/c1-3-5-7-9-11-13-15-17-18-19-20-21-22-24-26-28-30-32-34-36-46(64)59-41(42(63)35-33-31-29-27-25-23-16-14-12-10-8-6-4-2)40-72-56-52(70)49(67)54(44(38-61)74-56)77-58-53(71)50(68)55(45(39-62)75-58)76-57-51(69)48(66)47(65)43(37-60)73-57/h11,13,17-18,20-21,41-45,47-58,60-63,65-71H,3-10,12,14-16,19,22-40H2,1-2H3,(H,59,64)/b13-11-,18-17-,21-20-. The lowest BCUT2D eigenvalue weighted by atomic mass is 9.96. The van der Waals surface area contributed by atoms with E-state index in [4.69, 9.17) is 28.4 Å². The third kappa shape index (κ3) is 26.2. The van der Waals surface area contributed by atoms with Crippen LogP contribution in [-0.4, -0.2) is 193 Å². The van der Waals surface area contributed by atoms with Crippen LogP contribution in [0.3, 0.4) is 0 Å². The molecule has 3 aliphatic rings. The van der Waals surface area contributed by atoms with Crippen LogP contribution >= 0.6 is 0 Å². The van der Waals surface area contributed by atoms with E-state index in [2.05, 4.69) is 55.6 Å². The maximum absolute atomic E-state index is 13.3. The largest absolute Gasteiger partial charge is 0.394 e. The van der Waals surface area contributed by atoms with E-state index in [9.17, 15) is 61.0 Å². The van der Waals surface area contributed by atoms with Gasteiger partial charge in [-0.2, -0.15) is 0 Å². The molecular formula is C58H105NO18. The first-order valence-electron chi connectivity index (χ1n) is 29.7. The Kier molecular flexibility index (Phi) is 37.7. The summed E-state index contributed by atoms with van der Waals surface area (Å²) in [4.78, 5) is 13.3. The summed E-state index contributed by atoms with van der Waals surface area (Å²) >= 11 is 0. The fourth-order valence-electron chi connectivity index (χ4n) is 10.0. The second-order valence-corrected chi connectivity index (χ2v) is 21.5. The molecule has 1 amide bonds. The number of carbonyl (C=O) groups is 1. The van der Waals surface area contributed by atoms with Crippen molar-refractivity contribution in [2.75, 3.05) is 26.4 Å². The number of hydrogen-bond acceptors (Lipinski definition) is 18. The van der Waals surface area contributed by atoms with Crippen LogP contribution in [0, 0.1) is 0 Å². The highest BCUT2D eigenvalue weighted by molar-refractivity contribution is 5.76. The topological polar surface area (TPSA) is 307 Å². The molecule has 0 spiro atoms. The van der Waals surface area contributed by atoms with Crippen LogP contribution in [0.2, 0.25) is 0 Å². The summed E-state index contributed by atoms with van der Waals surface area (Å²) in [7, 11) is 0. The number of aliphatic hydroxyl groups is 11. The molecule has 0 aliphatic carbocycles. The van der Waals surface area contributed by atoms with E-state index in [1.807, 2.05) is 0 Å². The van der Waals surface area contributed by atoms with E-state index in [1.165, 1.54) is 77.0 Å². The summed E-state index contributed by atoms with van der Waals surface area (Å²) in [6, 6.07) is -0.893. The quantitative estimate of drug-likeness (QED) is 0.0285. The Morgan fingerprint density at radius 2 is 0.857 bits per heavy atom. The maximum Gasteiger partial charge on any atom is 0.220 e. The van der Waals surface area contributed by atoms with Crippen molar-refractivity contribution in [2.24, 2.45) is 0 Å². The van der Waals surface area contributed by atoms with Crippen LogP contribution in [0.4, 0.5) is 0 Å². The fourth-order valence-corrected chi connectivity index (χ4v) is 10.0. The Morgan fingerprint density at radius 3 is 1.36 bits per heavy atom. The van der Waals surface area contributed by atoms with Crippen molar-refractivity contribution in [3.8, 4) is 0 Å². The number of nitrogens with one attached hydrogen (secondary N) is 1. The van der Waals surface area contributed by atoms with Gasteiger partial charge in [-0.05, 0) is 51.4 Å². The van der Waals surface area contributed by atoms with Gasteiger partial charge >= 0.3 is 0 Å². The number of carbonyl (C=O) groups excluding carboxylic acids is 1. The van der Waals surface area contributed by atoms with E-state index in [1.54, 1.807) is 0 Å². The van der Waals surface area contributed by atoms with Gasteiger partial charge in [-0.15, -0.1) is 0 Å². The van der Waals surface area contributed by atoms with Crippen LogP contribution in [0.1, 0.15) is 194 Å². The molecule has 19 nitrogen and oxygen atoms in total. The van der Waals surface area contributed by atoms with E-state index < -0.39 is 124 Å². The highest BCUT2D eigenvalue weighted by atomic mass is 16.8. The summed E-state index contributed by atoms with van der Waals surface area (Å²) < 4.78 is 34.3. The molecule has 0 aromatic heterocycles. The summed E-state index contributed by atoms with van der Waals surface area (Å²) in [5.74, 6) is -0.257. The van der Waals surface area contributed by atoms with Crippen LogP contribution in [0.5, 0.6) is 0 Å². The first-order chi connectivity index (χ1) is 37.3. The summed E-state index contributed by atoms with van der Waals surface area (Å²) in [5.41, 5.74) is 0. The van der Waals surface area contributed by atoms with E-state index in [0.29, 0.717) is 12.8 Å². The molecule has 3 fully saturated rings. The van der Waals surface area contributed by atoms with Crippen molar-refractivity contribution in [3.63, 3.8) is 0 Å². The van der Waals surface area contributed by atoms with Crippen molar-refractivity contribution in [2.45, 2.75) is 298 Å². The van der Waals surface area contributed by atoms with Gasteiger partial charge in [-0.1, -0.05) is 172 Å². The van der Waals surface area contributed by atoms with Crippen molar-refractivity contribution < 1.29 is 89.4 Å². The minimum atomic E-state index is -1.97. The fraction of sp³-hybridized carbons (Fsp3) is 0.879. The molecule has 3 rings (SSSR count). The molecule has 0 aromatic rings. The van der Waals surface area contributed by atoms with Crippen LogP contribution < -0.4 is 5.32 Å². The van der Waals surface area contributed by atoms with Gasteiger partial charge in [0.1, 0.15) is 73.2 Å². The molecule has 450 valence electrons. The molecule has 0 aromatic carbocycles. The van der Waals surface area contributed by atoms with Gasteiger partial charge in [0, 0.05) is 6.42 Å². The average Bonchev–Trinajstić information content (AvgIpc) is 3.42. The number of aliphatic hydroxyl groups excluding tert-OH is 11. The average molecular weight is 1100 g/mol. The maximum atomic E-state index is 13.3. The predicted molar refractivity (Wildman–Crippen MR) is 291 cm³/mol. The van der Waals surface area contributed by atoms with Crippen molar-refractivity contribution in [3.05, 3.63) is 36.5 Å². The summed E-state index contributed by atoms with van der Waals surface area (Å²) in [5, 5.41) is 120. The molecule has 0 saturated carbocycles. The molecule has 17 unspecified atom stereocenters. The molecule has 19 heteroatoms. The lowest BCUT2D eigenvalue weighted by Gasteiger charge is -2.48. The Bertz CT molecular complexity index is 1550. The second-order valence-electron chi connectivity index (χ2n) is 21.5.